The Morgan fingerprint density at radius 1 is 1.47 bits per heavy atom. The highest BCUT2D eigenvalue weighted by atomic mass is 32.2. The van der Waals surface area contributed by atoms with Crippen LogP contribution in [-0.4, -0.2) is 42.1 Å². The quantitative estimate of drug-likeness (QED) is 0.550. The molecule has 0 amide bonds. The minimum Gasteiger partial charge on any atom is -0.506 e. The van der Waals surface area contributed by atoms with Crippen molar-refractivity contribution in [2.75, 3.05) is 18.9 Å². The lowest BCUT2D eigenvalue weighted by molar-refractivity contribution is 0.191. The standard InChI is InChI=1S/C12H18N2O4S/c1-8-4-5-14(11(8)7-15)19(17,18)9-2-3-12(16)10(13)6-9/h2-3,6,8,11,15-16H,4-5,7,13H2,1H3. The van der Waals surface area contributed by atoms with Gasteiger partial charge in [0.25, 0.3) is 0 Å². The molecule has 0 saturated carbocycles. The second kappa shape index (κ2) is 4.99. The van der Waals surface area contributed by atoms with Crippen molar-refractivity contribution in [3.8, 4) is 5.75 Å². The lowest BCUT2D eigenvalue weighted by Gasteiger charge is -2.24. The van der Waals surface area contributed by atoms with Crippen molar-refractivity contribution in [1.29, 1.82) is 0 Å². The summed E-state index contributed by atoms with van der Waals surface area (Å²) in [5, 5.41) is 18.7. The molecule has 6 nitrogen and oxygen atoms in total. The highest BCUT2D eigenvalue weighted by Gasteiger charge is 2.39. The Bertz CT molecular complexity index is 573. The maximum atomic E-state index is 12.5. The van der Waals surface area contributed by atoms with E-state index < -0.39 is 16.1 Å². The molecule has 1 saturated heterocycles. The average molecular weight is 286 g/mol. The van der Waals surface area contributed by atoms with Gasteiger partial charge in [-0.2, -0.15) is 4.31 Å². The van der Waals surface area contributed by atoms with Gasteiger partial charge in [0.1, 0.15) is 5.75 Å². The number of nitrogen functional groups attached to an aromatic ring is 1. The van der Waals surface area contributed by atoms with E-state index in [-0.39, 0.29) is 28.9 Å². The van der Waals surface area contributed by atoms with Crippen molar-refractivity contribution in [3.05, 3.63) is 18.2 Å². The zero-order valence-electron chi connectivity index (χ0n) is 10.7. The molecule has 106 valence electrons. The van der Waals surface area contributed by atoms with Crippen molar-refractivity contribution in [2.45, 2.75) is 24.3 Å². The average Bonchev–Trinajstić information content (AvgIpc) is 2.74. The molecule has 1 aliphatic heterocycles. The van der Waals surface area contributed by atoms with E-state index in [0.717, 1.165) is 6.42 Å². The van der Waals surface area contributed by atoms with Gasteiger partial charge in [-0.1, -0.05) is 6.92 Å². The van der Waals surface area contributed by atoms with E-state index in [4.69, 9.17) is 5.73 Å². The number of hydrogen-bond acceptors (Lipinski definition) is 5. The molecule has 2 unspecified atom stereocenters. The van der Waals surface area contributed by atoms with Crippen molar-refractivity contribution in [2.24, 2.45) is 5.92 Å². The van der Waals surface area contributed by atoms with E-state index in [2.05, 4.69) is 0 Å². The number of hydrogen-bond donors (Lipinski definition) is 3. The maximum absolute atomic E-state index is 12.5. The summed E-state index contributed by atoms with van der Waals surface area (Å²) in [6.07, 6.45) is 0.720. The summed E-state index contributed by atoms with van der Waals surface area (Å²) in [7, 11) is -3.69. The van der Waals surface area contributed by atoms with Crippen LogP contribution < -0.4 is 5.73 Å². The first-order valence-corrected chi connectivity index (χ1v) is 7.53. The number of aliphatic hydroxyl groups is 1. The first-order chi connectivity index (χ1) is 8.87. The van der Waals surface area contributed by atoms with Gasteiger partial charge in [0.2, 0.25) is 10.0 Å². The highest BCUT2D eigenvalue weighted by Crippen LogP contribution is 2.31. The van der Waals surface area contributed by atoms with Crippen molar-refractivity contribution < 1.29 is 18.6 Å². The summed E-state index contributed by atoms with van der Waals surface area (Å²) in [5.74, 6) is -0.0262. The minimum absolute atomic E-state index is 0.0221. The van der Waals surface area contributed by atoms with Gasteiger partial charge >= 0.3 is 0 Å². The molecule has 1 aromatic rings. The largest absolute Gasteiger partial charge is 0.506 e. The van der Waals surface area contributed by atoms with Gasteiger partial charge in [-0.25, -0.2) is 8.42 Å². The van der Waals surface area contributed by atoms with Gasteiger partial charge < -0.3 is 15.9 Å². The number of nitrogens with zero attached hydrogens (tertiary/aromatic N) is 1. The number of rotatable bonds is 3. The minimum atomic E-state index is -3.69. The summed E-state index contributed by atoms with van der Waals surface area (Å²) < 4.78 is 26.3. The summed E-state index contributed by atoms with van der Waals surface area (Å²) in [5.41, 5.74) is 5.55. The Balaban J connectivity index is 2.39. The van der Waals surface area contributed by atoms with Crippen LogP contribution in [0.15, 0.2) is 23.1 Å². The third-order valence-corrected chi connectivity index (χ3v) is 5.54. The molecule has 0 spiro atoms. The van der Waals surface area contributed by atoms with E-state index >= 15 is 0 Å². The van der Waals surface area contributed by atoms with Gasteiger partial charge in [0.15, 0.2) is 0 Å². The van der Waals surface area contributed by atoms with Gasteiger partial charge in [0, 0.05) is 6.54 Å². The van der Waals surface area contributed by atoms with Crippen molar-refractivity contribution in [3.63, 3.8) is 0 Å². The molecular weight excluding hydrogens is 268 g/mol. The number of phenolic OH excluding ortho intramolecular Hbond substituents is 1. The van der Waals surface area contributed by atoms with Crippen LogP contribution in [0, 0.1) is 5.92 Å². The smallest absolute Gasteiger partial charge is 0.243 e. The van der Waals surface area contributed by atoms with Gasteiger partial charge in [0.05, 0.1) is 23.2 Å². The van der Waals surface area contributed by atoms with E-state index in [0.29, 0.717) is 6.54 Å². The highest BCUT2D eigenvalue weighted by molar-refractivity contribution is 7.89. The summed E-state index contributed by atoms with van der Waals surface area (Å²) in [4.78, 5) is 0.0374. The Kier molecular flexibility index (Phi) is 3.71. The topological polar surface area (TPSA) is 104 Å². The third-order valence-electron chi connectivity index (χ3n) is 3.62. The molecule has 0 aromatic heterocycles. The monoisotopic (exact) mass is 286 g/mol. The lowest BCUT2D eigenvalue weighted by atomic mass is 10.0. The molecule has 1 heterocycles. The van der Waals surface area contributed by atoms with Crippen LogP contribution in [0.3, 0.4) is 0 Å². The number of anilines is 1. The number of sulfonamides is 1. The third kappa shape index (κ3) is 2.41. The Morgan fingerprint density at radius 3 is 2.74 bits per heavy atom. The van der Waals surface area contributed by atoms with Crippen LogP contribution in [0.2, 0.25) is 0 Å². The zero-order chi connectivity index (χ0) is 14.2. The first-order valence-electron chi connectivity index (χ1n) is 6.09. The van der Waals surface area contributed by atoms with E-state index in [1.807, 2.05) is 6.92 Å². The fourth-order valence-electron chi connectivity index (χ4n) is 2.37. The molecule has 0 bridgehead atoms. The van der Waals surface area contributed by atoms with Crippen LogP contribution in [0.4, 0.5) is 5.69 Å². The van der Waals surface area contributed by atoms with E-state index in [1.165, 1.54) is 22.5 Å². The summed E-state index contributed by atoms with van der Waals surface area (Å²) >= 11 is 0. The normalized spacial score (nSPS) is 24.7. The molecule has 1 aliphatic rings. The molecule has 19 heavy (non-hydrogen) atoms. The summed E-state index contributed by atoms with van der Waals surface area (Å²) in [6.45, 7) is 2.10. The number of aromatic hydroxyl groups is 1. The van der Waals surface area contributed by atoms with Crippen LogP contribution in [0.5, 0.6) is 5.75 Å². The van der Waals surface area contributed by atoms with E-state index in [9.17, 15) is 18.6 Å². The Hall–Kier alpha value is -1.31. The molecular formula is C12H18N2O4S. The van der Waals surface area contributed by atoms with Crippen LogP contribution in [0.1, 0.15) is 13.3 Å². The summed E-state index contributed by atoms with van der Waals surface area (Å²) in [6, 6.07) is 3.41. The number of benzene rings is 1. The van der Waals surface area contributed by atoms with E-state index in [1.54, 1.807) is 0 Å². The lowest BCUT2D eigenvalue weighted by Crippen LogP contribution is -2.39. The predicted molar refractivity (Wildman–Crippen MR) is 71.1 cm³/mol. The van der Waals surface area contributed by atoms with Gasteiger partial charge in [-0.15, -0.1) is 0 Å². The molecule has 2 atom stereocenters. The second-order valence-corrected chi connectivity index (χ2v) is 6.74. The number of phenols is 1. The molecule has 0 aliphatic carbocycles. The Labute approximate surface area is 112 Å². The van der Waals surface area contributed by atoms with Crippen LogP contribution in [-0.2, 0) is 10.0 Å². The maximum Gasteiger partial charge on any atom is 0.243 e. The molecule has 0 radical (unpaired) electrons. The second-order valence-electron chi connectivity index (χ2n) is 4.85. The number of nitrogens with two attached hydrogens (primary N) is 1. The molecule has 4 N–H and O–H groups in total. The van der Waals surface area contributed by atoms with Crippen molar-refractivity contribution >= 4 is 15.7 Å². The van der Waals surface area contributed by atoms with Crippen LogP contribution >= 0.6 is 0 Å². The van der Waals surface area contributed by atoms with Gasteiger partial charge in [-0.3, -0.25) is 0 Å². The van der Waals surface area contributed by atoms with Crippen LogP contribution in [0.25, 0.3) is 0 Å². The number of aliphatic hydroxyl groups excluding tert-OH is 1. The molecule has 2 rings (SSSR count). The van der Waals surface area contributed by atoms with Crippen molar-refractivity contribution in [1.82, 2.24) is 4.31 Å². The Morgan fingerprint density at radius 2 is 2.16 bits per heavy atom. The first kappa shape index (κ1) is 14.1. The SMILES string of the molecule is CC1CCN(S(=O)(=O)c2ccc(O)c(N)c2)C1CO. The molecule has 7 heteroatoms. The van der Waals surface area contributed by atoms with Gasteiger partial charge in [-0.05, 0) is 30.5 Å². The zero-order valence-corrected chi connectivity index (χ0v) is 11.5. The predicted octanol–water partition coefficient (Wildman–Crippen LogP) is 0.366. The molecule has 1 fully saturated rings. The molecule has 1 aromatic carbocycles. The fourth-order valence-corrected chi connectivity index (χ4v) is 4.13. The fraction of sp³-hybridized carbons (Fsp3) is 0.500.